The molecule has 1 amide bonds. The fourth-order valence-corrected chi connectivity index (χ4v) is 2.49. The number of halogens is 1. The second-order valence-electron chi connectivity index (χ2n) is 5.54. The summed E-state index contributed by atoms with van der Waals surface area (Å²) in [6.07, 6.45) is 1.69. The van der Waals surface area contributed by atoms with Crippen molar-refractivity contribution in [2.45, 2.75) is 6.42 Å². The van der Waals surface area contributed by atoms with Gasteiger partial charge in [-0.25, -0.2) is 9.78 Å². The van der Waals surface area contributed by atoms with E-state index >= 15 is 0 Å². The van der Waals surface area contributed by atoms with Crippen molar-refractivity contribution in [3.63, 3.8) is 0 Å². The van der Waals surface area contributed by atoms with Crippen LogP contribution in [0.1, 0.15) is 15.9 Å². The van der Waals surface area contributed by atoms with Crippen LogP contribution in [0.5, 0.6) is 5.75 Å². The van der Waals surface area contributed by atoms with Crippen molar-refractivity contribution in [3.8, 4) is 16.9 Å². The fraction of sp³-hybridized carbons (Fsp3) is 0.278. The number of methoxy groups -OCH3 is 2. The molecule has 6 nitrogen and oxygen atoms in total. The quantitative estimate of drug-likeness (QED) is 0.604. The molecule has 25 heavy (non-hydrogen) atoms. The number of rotatable bonds is 5. The molecule has 0 aliphatic carbocycles. The van der Waals surface area contributed by atoms with Crippen LogP contribution in [0.25, 0.3) is 11.1 Å². The predicted molar refractivity (Wildman–Crippen MR) is 95.0 cm³/mol. The average molecular weight is 363 g/mol. The SMILES string of the molecule is COC(=O)c1ccc(CC(=O)N(C)C)cc1-c1cc(Cl)ncc1OC. The Balaban J connectivity index is 2.62. The monoisotopic (exact) mass is 362 g/mol. The summed E-state index contributed by atoms with van der Waals surface area (Å²) in [5, 5.41) is 0.265. The summed E-state index contributed by atoms with van der Waals surface area (Å²) in [5.74, 6) is -0.0717. The Morgan fingerprint density at radius 2 is 1.88 bits per heavy atom. The summed E-state index contributed by atoms with van der Waals surface area (Å²) in [7, 11) is 6.20. The minimum absolute atomic E-state index is 0.0449. The highest BCUT2D eigenvalue weighted by Crippen LogP contribution is 2.34. The number of amides is 1. The number of likely N-dealkylation sites (N-methyl/N-ethyl adjacent to an activating group) is 1. The Bertz CT molecular complexity index is 806. The van der Waals surface area contributed by atoms with E-state index in [2.05, 4.69) is 4.98 Å². The molecule has 0 spiro atoms. The van der Waals surface area contributed by atoms with Crippen molar-refractivity contribution in [1.82, 2.24) is 9.88 Å². The zero-order valence-corrected chi connectivity index (χ0v) is 15.3. The van der Waals surface area contributed by atoms with Crippen LogP contribution in [0.15, 0.2) is 30.5 Å². The topological polar surface area (TPSA) is 68.7 Å². The number of benzene rings is 1. The molecule has 0 saturated heterocycles. The second-order valence-corrected chi connectivity index (χ2v) is 5.93. The molecule has 132 valence electrons. The highest BCUT2D eigenvalue weighted by atomic mass is 35.5. The first kappa shape index (κ1) is 18.7. The normalized spacial score (nSPS) is 10.3. The first-order chi connectivity index (χ1) is 11.9. The highest BCUT2D eigenvalue weighted by Gasteiger charge is 2.19. The number of pyridine rings is 1. The van der Waals surface area contributed by atoms with Gasteiger partial charge < -0.3 is 14.4 Å². The lowest BCUT2D eigenvalue weighted by Gasteiger charge is -2.15. The van der Waals surface area contributed by atoms with E-state index < -0.39 is 5.97 Å². The molecule has 0 radical (unpaired) electrons. The van der Waals surface area contributed by atoms with Crippen molar-refractivity contribution in [3.05, 3.63) is 46.7 Å². The molecule has 0 N–H and O–H groups in total. The van der Waals surface area contributed by atoms with E-state index in [1.807, 2.05) is 0 Å². The lowest BCUT2D eigenvalue weighted by molar-refractivity contribution is -0.127. The summed E-state index contributed by atoms with van der Waals surface area (Å²) in [6, 6.07) is 6.74. The number of hydrogen-bond donors (Lipinski definition) is 0. The van der Waals surface area contributed by atoms with Gasteiger partial charge in [-0.15, -0.1) is 0 Å². The molecule has 1 aromatic carbocycles. The Labute approximate surface area is 151 Å². The van der Waals surface area contributed by atoms with Gasteiger partial charge in [-0.3, -0.25) is 4.79 Å². The van der Waals surface area contributed by atoms with Gasteiger partial charge in [0.1, 0.15) is 10.9 Å². The number of hydrogen-bond acceptors (Lipinski definition) is 5. The molecule has 1 aromatic heterocycles. The van der Waals surface area contributed by atoms with Gasteiger partial charge in [-0.05, 0) is 23.8 Å². The Morgan fingerprint density at radius 3 is 2.48 bits per heavy atom. The Hall–Kier alpha value is -2.60. The maximum atomic E-state index is 12.1. The summed E-state index contributed by atoms with van der Waals surface area (Å²) in [4.78, 5) is 29.6. The zero-order valence-electron chi connectivity index (χ0n) is 14.5. The maximum absolute atomic E-state index is 12.1. The van der Waals surface area contributed by atoms with Gasteiger partial charge in [0.25, 0.3) is 0 Å². The van der Waals surface area contributed by atoms with Gasteiger partial charge in [-0.2, -0.15) is 0 Å². The second kappa shape index (κ2) is 7.98. The van der Waals surface area contributed by atoms with Crippen molar-refractivity contribution in [2.24, 2.45) is 0 Å². The smallest absolute Gasteiger partial charge is 0.338 e. The molecule has 0 saturated carbocycles. The largest absolute Gasteiger partial charge is 0.494 e. The number of aromatic nitrogens is 1. The van der Waals surface area contributed by atoms with Crippen molar-refractivity contribution in [2.75, 3.05) is 28.3 Å². The van der Waals surface area contributed by atoms with Gasteiger partial charge >= 0.3 is 5.97 Å². The van der Waals surface area contributed by atoms with E-state index in [0.29, 0.717) is 22.4 Å². The molecule has 0 aliphatic rings. The minimum atomic E-state index is -0.490. The number of nitrogens with zero attached hydrogens (tertiary/aromatic N) is 2. The predicted octanol–water partition coefficient (Wildman–Crippen LogP) is 2.83. The van der Waals surface area contributed by atoms with Crippen LogP contribution < -0.4 is 4.74 Å². The zero-order chi connectivity index (χ0) is 18.6. The lowest BCUT2D eigenvalue weighted by Crippen LogP contribution is -2.23. The third-order valence-corrected chi connectivity index (χ3v) is 3.89. The molecule has 2 rings (SSSR count). The number of esters is 1. The van der Waals surface area contributed by atoms with Crippen molar-refractivity contribution < 1.29 is 19.1 Å². The first-order valence-electron chi connectivity index (χ1n) is 7.48. The molecule has 0 bridgehead atoms. The molecule has 7 heteroatoms. The highest BCUT2D eigenvalue weighted by molar-refractivity contribution is 6.29. The maximum Gasteiger partial charge on any atom is 0.338 e. The average Bonchev–Trinajstić information content (AvgIpc) is 2.60. The van der Waals surface area contributed by atoms with Crippen LogP contribution in [0.3, 0.4) is 0 Å². The van der Waals surface area contributed by atoms with Gasteiger partial charge in [0.2, 0.25) is 5.91 Å². The summed E-state index contributed by atoms with van der Waals surface area (Å²) in [6.45, 7) is 0. The van der Waals surface area contributed by atoms with Crippen LogP contribution in [0, 0.1) is 0 Å². The third-order valence-electron chi connectivity index (χ3n) is 3.69. The first-order valence-corrected chi connectivity index (χ1v) is 7.86. The van der Waals surface area contributed by atoms with Gasteiger partial charge in [0.15, 0.2) is 0 Å². The summed E-state index contributed by atoms with van der Waals surface area (Å²) >= 11 is 6.01. The third kappa shape index (κ3) is 4.28. The van der Waals surface area contributed by atoms with E-state index in [9.17, 15) is 9.59 Å². The van der Waals surface area contributed by atoms with Crippen molar-refractivity contribution >= 4 is 23.5 Å². The molecular formula is C18H19ClN2O4. The van der Waals surface area contributed by atoms with Crippen LogP contribution >= 0.6 is 11.6 Å². The van der Waals surface area contributed by atoms with E-state index in [1.54, 1.807) is 38.4 Å². The van der Waals surface area contributed by atoms with E-state index in [0.717, 1.165) is 5.56 Å². The van der Waals surface area contributed by atoms with Gasteiger partial charge in [0, 0.05) is 25.2 Å². The van der Waals surface area contributed by atoms with Crippen molar-refractivity contribution in [1.29, 1.82) is 0 Å². The standard InChI is InChI=1S/C18H19ClN2O4/c1-21(2)17(22)8-11-5-6-12(18(23)25-4)13(7-11)14-9-16(19)20-10-15(14)24-3/h5-7,9-10H,8H2,1-4H3. The molecule has 0 aliphatic heterocycles. The minimum Gasteiger partial charge on any atom is -0.494 e. The van der Waals surface area contributed by atoms with Crippen LogP contribution in [-0.2, 0) is 16.0 Å². The molecule has 0 atom stereocenters. The van der Waals surface area contributed by atoms with Crippen LogP contribution in [-0.4, -0.2) is 50.1 Å². The Kier molecular flexibility index (Phi) is 5.98. The van der Waals surface area contributed by atoms with E-state index in [1.165, 1.54) is 25.3 Å². The van der Waals surface area contributed by atoms with Crippen LogP contribution in [0.4, 0.5) is 0 Å². The molecular weight excluding hydrogens is 344 g/mol. The van der Waals surface area contributed by atoms with Gasteiger partial charge in [0.05, 0.1) is 32.4 Å². The molecule has 0 fully saturated rings. The molecule has 2 aromatic rings. The van der Waals surface area contributed by atoms with E-state index in [4.69, 9.17) is 21.1 Å². The number of carbonyl (C=O) groups excluding carboxylic acids is 2. The number of ether oxygens (including phenoxy) is 2. The van der Waals surface area contributed by atoms with Crippen LogP contribution in [0.2, 0.25) is 5.15 Å². The van der Waals surface area contributed by atoms with E-state index in [-0.39, 0.29) is 17.5 Å². The number of carbonyl (C=O) groups is 2. The molecule has 0 unspecified atom stereocenters. The lowest BCUT2D eigenvalue weighted by atomic mass is 9.96. The Morgan fingerprint density at radius 1 is 1.16 bits per heavy atom. The summed E-state index contributed by atoms with van der Waals surface area (Å²) in [5.41, 5.74) is 2.28. The molecule has 1 heterocycles. The fourth-order valence-electron chi connectivity index (χ4n) is 2.34. The van der Waals surface area contributed by atoms with Gasteiger partial charge in [-0.1, -0.05) is 17.7 Å². The summed E-state index contributed by atoms with van der Waals surface area (Å²) < 4.78 is 10.2.